The van der Waals surface area contributed by atoms with Crippen molar-refractivity contribution in [3.63, 3.8) is 0 Å². The molecule has 2 saturated heterocycles. The first-order valence-corrected chi connectivity index (χ1v) is 12.8. The van der Waals surface area contributed by atoms with Gasteiger partial charge in [0.1, 0.15) is 5.76 Å². The maximum Gasteiger partial charge on any atom is 0.290 e. The molecule has 2 aliphatic rings. The van der Waals surface area contributed by atoms with Gasteiger partial charge in [-0.1, -0.05) is 23.4 Å². The summed E-state index contributed by atoms with van der Waals surface area (Å²) < 4.78 is 5.32. The predicted octanol–water partition coefficient (Wildman–Crippen LogP) is 4.08. The second kappa shape index (κ2) is 10.6. The first-order valence-electron chi connectivity index (χ1n) is 12.0. The molecule has 2 aliphatic heterocycles. The van der Waals surface area contributed by atoms with Crippen LogP contribution >= 0.6 is 11.8 Å². The third-order valence-corrected chi connectivity index (χ3v) is 7.30. The number of aromatic nitrogens is 3. The van der Waals surface area contributed by atoms with Gasteiger partial charge in [-0.3, -0.25) is 14.9 Å². The zero-order chi connectivity index (χ0) is 25.1. The maximum absolute atomic E-state index is 11.8. The first-order chi connectivity index (χ1) is 17.5. The van der Waals surface area contributed by atoms with Gasteiger partial charge in [-0.25, -0.2) is 9.97 Å². The second-order valence-electron chi connectivity index (χ2n) is 9.09. The number of nitrogens with one attached hydrogen (secondary N) is 2. The van der Waals surface area contributed by atoms with Crippen LogP contribution < -0.4 is 15.5 Å². The SMILES string of the molecule is Cc1noc(C)c1-c1cccc(CNCC2CCN(c3nccc(/C=C4/SC(=O)NC4=O)n3)CC2)c1. The molecule has 0 saturated carbocycles. The van der Waals surface area contributed by atoms with E-state index in [2.05, 4.69) is 54.9 Å². The maximum atomic E-state index is 11.8. The van der Waals surface area contributed by atoms with E-state index in [1.807, 2.05) is 13.8 Å². The van der Waals surface area contributed by atoms with E-state index in [0.29, 0.717) is 22.5 Å². The van der Waals surface area contributed by atoms with Gasteiger partial charge >= 0.3 is 0 Å². The molecule has 10 heteroatoms. The number of imide groups is 1. The van der Waals surface area contributed by atoms with Gasteiger partial charge < -0.3 is 14.7 Å². The first kappa shape index (κ1) is 24.2. The number of carbonyl (C=O) groups excluding carboxylic acids is 2. The van der Waals surface area contributed by atoms with Crippen molar-refractivity contribution < 1.29 is 14.1 Å². The molecule has 2 fully saturated rings. The highest BCUT2D eigenvalue weighted by molar-refractivity contribution is 8.18. The van der Waals surface area contributed by atoms with Crippen molar-refractivity contribution in [2.75, 3.05) is 24.5 Å². The number of hydrogen-bond donors (Lipinski definition) is 2. The lowest BCUT2D eigenvalue weighted by Gasteiger charge is -2.32. The molecule has 2 N–H and O–H groups in total. The monoisotopic (exact) mass is 504 g/mol. The fourth-order valence-electron chi connectivity index (χ4n) is 4.64. The lowest BCUT2D eigenvalue weighted by Crippen LogP contribution is -2.38. The van der Waals surface area contributed by atoms with E-state index in [1.54, 1.807) is 18.3 Å². The Labute approximate surface area is 213 Å². The third-order valence-electron chi connectivity index (χ3n) is 6.49. The van der Waals surface area contributed by atoms with Crippen molar-refractivity contribution in [1.82, 2.24) is 25.8 Å². The molecule has 36 heavy (non-hydrogen) atoms. The van der Waals surface area contributed by atoms with Crippen molar-refractivity contribution in [2.45, 2.75) is 33.2 Å². The fourth-order valence-corrected chi connectivity index (χ4v) is 5.31. The minimum absolute atomic E-state index is 0.353. The second-order valence-corrected chi connectivity index (χ2v) is 10.1. The van der Waals surface area contributed by atoms with Gasteiger partial charge in [0, 0.05) is 31.4 Å². The summed E-state index contributed by atoms with van der Waals surface area (Å²) in [7, 11) is 0. The Kier molecular flexibility index (Phi) is 7.15. The Morgan fingerprint density at radius 3 is 2.78 bits per heavy atom. The summed E-state index contributed by atoms with van der Waals surface area (Å²) in [4.78, 5) is 34.7. The summed E-state index contributed by atoms with van der Waals surface area (Å²) >= 11 is 0.891. The van der Waals surface area contributed by atoms with E-state index < -0.39 is 0 Å². The van der Waals surface area contributed by atoms with E-state index in [-0.39, 0.29) is 11.1 Å². The van der Waals surface area contributed by atoms with E-state index in [0.717, 1.165) is 73.4 Å². The lowest BCUT2D eigenvalue weighted by atomic mass is 9.96. The number of thioether (sulfide) groups is 1. The highest BCUT2D eigenvalue weighted by atomic mass is 32.2. The average Bonchev–Trinajstić information content (AvgIpc) is 3.38. The number of piperidine rings is 1. The topological polar surface area (TPSA) is 113 Å². The van der Waals surface area contributed by atoms with Crippen molar-refractivity contribution in [2.24, 2.45) is 5.92 Å². The van der Waals surface area contributed by atoms with Crippen LogP contribution in [0.4, 0.5) is 10.7 Å². The zero-order valence-electron chi connectivity index (χ0n) is 20.3. The number of carbonyl (C=O) groups is 2. The average molecular weight is 505 g/mol. The molecule has 5 rings (SSSR count). The van der Waals surface area contributed by atoms with Crippen LogP contribution in [-0.4, -0.2) is 45.9 Å². The van der Waals surface area contributed by atoms with E-state index >= 15 is 0 Å². The Morgan fingerprint density at radius 2 is 2.06 bits per heavy atom. The van der Waals surface area contributed by atoms with E-state index in [4.69, 9.17) is 4.52 Å². The highest BCUT2D eigenvalue weighted by Crippen LogP contribution is 2.28. The van der Waals surface area contributed by atoms with Gasteiger partial charge in [-0.2, -0.15) is 0 Å². The summed E-state index contributed by atoms with van der Waals surface area (Å²) in [5.41, 5.74) is 4.98. The smallest absolute Gasteiger partial charge is 0.290 e. The number of amides is 2. The Bertz CT molecular complexity index is 1290. The molecule has 186 valence electrons. The number of nitrogens with zero attached hydrogens (tertiary/aromatic N) is 4. The number of rotatable bonds is 7. The van der Waals surface area contributed by atoms with Gasteiger partial charge in [0.15, 0.2) is 0 Å². The van der Waals surface area contributed by atoms with Gasteiger partial charge in [-0.15, -0.1) is 0 Å². The number of anilines is 1. The van der Waals surface area contributed by atoms with Crippen molar-refractivity contribution in [3.8, 4) is 11.1 Å². The van der Waals surface area contributed by atoms with E-state index in [9.17, 15) is 9.59 Å². The Hall–Kier alpha value is -3.50. The minimum Gasteiger partial charge on any atom is -0.361 e. The molecule has 3 aromatic rings. The molecule has 0 spiro atoms. The summed E-state index contributed by atoms with van der Waals surface area (Å²) in [6.45, 7) is 7.43. The molecule has 0 radical (unpaired) electrons. The number of benzene rings is 1. The zero-order valence-corrected chi connectivity index (χ0v) is 21.1. The molecule has 0 bridgehead atoms. The van der Waals surface area contributed by atoms with Crippen molar-refractivity contribution >= 4 is 34.9 Å². The highest BCUT2D eigenvalue weighted by Gasteiger charge is 2.26. The van der Waals surface area contributed by atoms with Crippen LogP contribution in [0.1, 0.15) is 35.6 Å². The molecular weight excluding hydrogens is 476 g/mol. The van der Waals surface area contributed by atoms with E-state index in [1.165, 1.54) is 5.56 Å². The van der Waals surface area contributed by atoms with Gasteiger partial charge in [0.05, 0.1) is 16.3 Å². The summed E-state index contributed by atoms with van der Waals surface area (Å²) in [6.07, 6.45) is 5.42. The molecular formula is C26H28N6O3S. The van der Waals surface area contributed by atoms with Crippen LogP contribution in [0.5, 0.6) is 0 Å². The van der Waals surface area contributed by atoms with Crippen LogP contribution in [0, 0.1) is 19.8 Å². The summed E-state index contributed by atoms with van der Waals surface area (Å²) in [6, 6.07) is 10.3. The Balaban J connectivity index is 1.12. The number of hydrogen-bond acceptors (Lipinski definition) is 9. The van der Waals surface area contributed by atoms with Crippen LogP contribution in [-0.2, 0) is 11.3 Å². The normalized spacial score (nSPS) is 17.7. The molecule has 0 aliphatic carbocycles. The summed E-state index contributed by atoms with van der Waals surface area (Å²) in [5.74, 6) is 1.70. The lowest BCUT2D eigenvalue weighted by molar-refractivity contribution is -0.115. The molecule has 0 atom stereocenters. The van der Waals surface area contributed by atoms with Crippen molar-refractivity contribution in [3.05, 3.63) is 64.1 Å². The van der Waals surface area contributed by atoms with Crippen LogP contribution in [0.25, 0.3) is 17.2 Å². The van der Waals surface area contributed by atoms with Gasteiger partial charge in [-0.05, 0) is 80.2 Å². The number of aryl methyl sites for hydroxylation is 2. The van der Waals surface area contributed by atoms with Crippen molar-refractivity contribution in [1.29, 1.82) is 0 Å². The molecule has 4 heterocycles. The molecule has 1 aromatic carbocycles. The Morgan fingerprint density at radius 1 is 1.22 bits per heavy atom. The quantitative estimate of drug-likeness (QED) is 0.460. The third kappa shape index (κ3) is 5.50. The standard InChI is InChI=1S/C26H28N6O3S/c1-16-23(17(2)35-31-16)20-5-3-4-19(12-20)15-27-14-18-7-10-32(11-8-18)25-28-9-6-21(29-25)13-22-24(33)30-26(34)36-22/h3-6,9,12-13,18,27H,7-8,10-11,14-15H2,1-2H3,(H,30,33,34)/b22-13+. The molecule has 0 unspecified atom stereocenters. The predicted molar refractivity (Wildman–Crippen MR) is 139 cm³/mol. The van der Waals surface area contributed by atoms with Crippen LogP contribution in [0.3, 0.4) is 0 Å². The minimum atomic E-state index is -0.381. The van der Waals surface area contributed by atoms with Gasteiger partial charge in [0.2, 0.25) is 5.95 Å². The molecule has 9 nitrogen and oxygen atoms in total. The van der Waals surface area contributed by atoms with Crippen LogP contribution in [0.15, 0.2) is 46.0 Å². The molecule has 2 amide bonds. The summed E-state index contributed by atoms with van der Waals surface area (Å²) in [5, 5.41) is 9.60. The van der Waals surface area contributed by atoms with Gasteiger partial charge in [0.25, 0.3) is 11.1 Å². The molecule has 2 aromatic heterocycles. The fraction of sp³-hybridized carbons (Fsp3) is 0.346. The van der Waals surface area contributed by atoms with Crippen LogP contribution in [0.2, 0.25) is 0 Å². The largest absolute Gasteiger partial charge is 0.361 e.